The van der Waals surface area contributed by atoms with Gasteiger partial charge in [-0.2, -0.15) is 0 Å². The zero-order chi connectivity index (χ0) is 31.3. The first-order chi connectivity index (χ1) is 21.2. The molecule has 0 aliphatic carbocycles. The molecule has 0 aromatic carbocycles. The van der Waals surface area contributed by atoms with Crippen LogP contribution in [0.5, 0.6) is 0 Å². The van der Waals surface area contributed by atoms with Gasteiger partial charge in [-0.1, -0.05) is 0 Å². The average molecular weight is 649 g/mol. The second-order valence-electron chi connectivity index (χ2n) is 8.63. The van der Waals surface area contributed by atoms with Crippen molar-refractivity contribution in [3.8, 4) is 0 Å². The minimum Gasteiger partial charge on any atom is -0.481 e. The summed E-state index contributed by atoms with van der Waals surface area (Å²) < 4.78 is 58.9. The fraction of sp³-hybridized carbons (Fsp3) is 0.929. The Hall–Kier alpha value is -1.17. The lowest BCUT2D eigenvalue weighted by Crippen LogP contribution is -2.15. The molecule has 0 aliphatic rings. The topological polar surface area (TPSA) is 156 Å². The number of ether oxygens (including phenoxy) is 11. The van der Waals surface area contributed by atoms with E-state index in [2.05, 4.69) is 0 Å². The van der Waals surface area contributed by atoms with Gasteiger partial charge < -0.3 is 57.2 Å². The van der Waals surface area contributed by atoms with Crippen molar-refractivity contribution in [2.75, 3.05) is 145 Å². The van der Waals surface area contributed by atoms with Crippen LogP contribution in [0.25, 0.3) is 0 Å². The number of carbonyl (C=O) groups excluding carboxylic acids is 1. The van der Waals surface area contributed by atoms with Gasteiger partial charge in [-0.25, -0.2) is 0 Å². The van der Waals surface area contributed by atoms with Crippen LogP contribution in [0.1, 0.15) is 25.7 Å². The number of unbranched alkanes of at least 4 members (excludes halogenated alkanes) is 1. The fourth-order valence-corrected chi connectivity index (χ4v) is 3.08. The lowest BCUT2D eigenvalue weighted by atomic mass is 10.2. The summed E-state index contributed by atoms with van der Waals surface area (Å²) in [5.41, 5.74) is 0. The van der Waals surface area contributed by atoms with Crippen molar-refractivity contribution >= 4 is 23.5 Å². The Morgan fingerprint density at radius 2 is 0.651 bits per heavy atom. The molecule has 0 amide bonds. The molecular formula is C28H53ClO14. The van der Waals surface area contributed by atoms with E-state index in [0.717, 1.165) is 0 Å². The maximum atomic E-state index is 11.5. The van der Waals surface area contributed by atoms with Crippen molar-refractivity contribution in [1.29, 1.82) is 0 Å². The number of hydrogen-bond acceptors (Lipinski definition) is 13. The molecule has 0 saturated carbocycles. The van der Waals surface area contributed by atoms with Crippen LogP contribution in [0.4, 0.5) is 0 Å². The second kappa shape index (κ2) is 37.0. The van der Waals surface area contributed by atoms with Gasteiger partial charge in [0.1, 0.15) is 6.61 Å². The fourth-order valence-electron chi connectivity index (χ4n) is 2.97. The van der Waals surface area contributed by atoms with E-state index in [1.165, 1.54) is 0 Å². The third-order valence-corrected chi connectivity index (χ3v) is 5.24. The first kappa shape index (κ1) is 41.8. The van der Waals surface area contributed by atoms with Crippen LogP contribution in [-0.4, -0.2) is 162 Å². The van der Waals surface area contributed by atoms with Crippen LogP contribution < -0.4 is 0 Å². The van der Waals surface area contributed by atoms with E-state index in [1.54, 1.807) is 0 Å². The van der Waals surface area contributed by atoms with Crippen LogP contribution in [0.2, 0.25) is 0 Å². The molecule has 0 unspecified atom stereocenters. The Morgan fingerprint density at radius 3 is 0.930 bits per heavy atom. The molecule has 1 N–H and O–H groups in total. The third-order valence-electron chi connectivity index (χ3n) is 5.08. The van der Waals surface area contributed by atoms with E-state index in [9.17, 15) is 9.59 Å². The van der Waals surface area contributed by atoms with E-state index in [1.807, 2.05) is 0 Å². The number of esters is 1. The number of rotatable bonds is 37. The van der Waals surface area contributed by atoms with Crippen LogP contribution >= 0.6 is 11.6 Å². The molecule has 0 rings (SSSR count). The molecule has 0 fully saturated rings. The number of hydrogen-bond donors (Lipinski definition) is 1. The van der Waals surface area contributed by atoms with Gasteiger partial charge in [0, 0.05) is 18.7 Å². The zero-order valence-electron chi connectivity index (χ0n) is 25.5. The number of alkyl halides is 1. The molecular weight excluding hydrogens is 596 g/mol. The molecule has 0 bridgehead atoms. The summed E-state index contributed by atoms with van der Waals surface area (Å²) in [6.45, 7) is 9.68. The van der Waals surface area contributed by atoms with Crippen LogP contribution in [0.3, 0.4) is 0 Å². The Balaban J connectivity index is 3.09. The molecule has 0 saturated heterocycles. The molecule has 15 heteroatoms. The van der Waals surface area contributed by atoms with Crippen molar-refractivity contribution in [1.82, 2.24) is 0 Å². The van der Waals surface area contributed by atoms with E-state index in [0.29, 0.717) is 144 Å². The van der Waals surface area contributed by atoms with E-state index < -0.39 is 5.97 Å². The molecule has 0 aromatic heterocycles. The van der Waals surface area contributed by atoms with Gasteiger partial charge >= 0.3 is 11.9 Å². The summed E-state index contributed by atoms with van der Waals surface area (Å²) >= 11 is 5.50. The molecule has 0 radical (unpaired) electrons. The summed E-state index contributed by atoms with van der Waals surface area (Å²) in [6.07, 6.45) is 1.24. The molecule has 43 heavy (non-hydrogen) atoms. The minimum atomic E-state index is -0.863. The average Bonchev–Trinajstić information content (AvgIpc) is 2.99. The largest absolute Gasteiger partial charge is 0.481 e. The first-order valence-electron chi connectivity index (χ1n) is 14.9. The predicted molar refractivity (Wildman–Crippen MR) is 156 cm³/mol. The monoisotopic (exact) mass is 648 g/mol. The summed E-state index contributed by atoms with van der Waals surface area (Å²) in [6, 6.07) is 0. The standard InChI is InChI=1S/C28H53ClO14/c29-5-6-33-7-8-34-9-10-35-11-12-36-13-14-37-15-16-38-17-18-39-19-20-40-21-22-41-23-24-42-25-26-43-28(32)4-2-1-3-27(30)31/h1-26H2,(H,30,31). The van der Waals surface area contributed by atoms with Crippen molar-refractivity contribution in [3.63, 3.8) is 0 Å². The molecule has 0 heterocycles. The Kier molecular flexibility index (Phi) is 36.0. The normalized spacial score (nSPS) is 11.3. The maximum Gasteiger partial charge on any atom is 0.305 e. The quantitative estimate of drug-likeness (QED) is 0.0588. The summed E-state index contributed by atoms with van der Waals surface area (Å²) in [5, 5.41) is 8.54. The number of carboxylic acids is 1. The highest BCUT2D eigenvalue weighted by molar-refractivity contribution is 6.17. The van der Waals surface area contributed by atoms with Crippen molar-refractivity contribution in [2.24, 2.45) is 0 Å². The molecule has 0 aromatic rings. The Labute approximate surface area is 260 Å². The smallest absolute Gasteiger partial charge is 0.305 e. The third kappa shape index (κ3) is 38.8. The highest BCUT2D eigenvalue weighted by Gasteiger charge is 2.04. The Bertz CT molecular complexity index is 588. The minimum absolute atomic E-state index is 0.0605. The lowest BCUT2D eigenvalue weighted by molar-refractivity contribution is -0.146. The molecule has 0 spiro atoms. The number of carboxylic acid groups (broad SMARTS) is 1. The number of halogens is 1. The van der Waals surface area contributed by atoms with E-state index in [4.69, 9.17) is 68.8 Å². The molecule has 14 nitrogen and oxygen atoms in total. The summed E-state index contributed by atoms with van der Waals surface area (Å²) in [5.74, 6) is -0.720. The van der Waals surface area contributed by atoms with Gasteiger partial charge in [0.2, 0.25) is 0 Å². The highest BCUT2D eigenvalue weighted by atomic mass is 35.5. The van der Waals surface area contributed by atoms with Crippen LogP contribution in [0, 0.1) is 0 Å². The molecule has 0 aliphatic heterocycles. The second-order valence-corrected chi connectivity index (χ2v) is 9.01. The van der Waals surface area contributed by atoms with Crippen molar-refractivity contribution < 1.29 is 66.8 Å². The van der Waals surface area contributed by atoms with Gasteiger partial charge in [0.15, 0.2) is 0 Å². The number of aliphatic carboxylic acids is 1. The van der Waals surface area contributed by atoms with E-state index in [-0.39, 0.29) is 32.0 Å². The van der Waals surface area contributed by atoms with Gasteiger partial charge in [0.25, 0.3) is 0 Å². The van der Waals surface area contributed by atoms with Gasteiger partial charge in [0.05, 0.1) is 132 Å². The van der Waals surface area contributed by atoms with Crippen molar-refractivity contribution in [2.45, 2.75) is 25.7 Å². The van der Waals surface area contributed by atoms with Gasteiger partial charge in [-0.3, -0.25) is 9.59 Å². The lowest BCUT2D eigenvalue weighted by Gasteiger charge is -2.09. The first-order valence-corrected chi connectivity index (χ1v) is 15.4. The highest BCUT2D eigenvalue weighted by Crippen LogP contribution is 2.01. The summed E-state index contributed by atoms with van der Waals surface area (Å²) in [4.78, 5) is 21.9. The van der Waals surface area contributed by atoms with Crippen molar-refractivity contribution in [3.05, 3.63) is 0 Å². The van der Waals surface area contributed by atoms with E-state index >= 15 is 0 Å². The Morgan fingerprint density at radius 1 is 0.395 bits per heavy atom. The number of carbonyl (C=O) groups is 2. The SMILES string of the molecule is O=C(O)CCCCC(=O)OCCOCCOCCOCCOCCOCCOCCOCCOCCOCCOCCCl. The van der Waals surface area contributed by atoms with Gasteiger partial charge in [-0.15, -0.1) is 11.6 Å². The molecule has 0 atom stereocenters. The van der Waals surface area contributed by atoms with Gasteiger partial charge in [-0.05, 0) is 12.8 Å². The molecule has 256 valence electrons. The zero-order valence-corrected chi connectivity index (χ0v) is 26.3. The van der Waals surface area contributed by atoms with Crippen LogP contribution in [0.15, 0.2) is 0 Å². The maximum absolute atomic E-state index is 11.5. The summed E-state index contributed by atoms with van der Waals surface area (Å²) in [7, 11) is 0. The van der Waals surface area contributed by atoms with Crippen LogP contribution in [-0.2, 0) is 61.7 Å². The predicted octanol–water partition coefficient (Wildman–Crippen LogP) is 1.58.